The Balaban J connectivity index is 1.27. The first-order valence-electron chi connectivity index (χ1n) is 10.5. The number of para-hydroxylation sites is 1. The number of thiazole rings is 1. The van der Waals surface area contributed by atoms with Gasteiger partial charge in [-0.1, -0.05) is 41.5 Å². The minimum atomic E-state index is -0.241. The first kappa shape index (κ1) is 20.3. The van der Waals surface area contributed by atoms with Crippen LogP contribution in [0.4, 0.5) is 15.6 Å². The van der Waals surface area contributed by atoms with Crippen LogP contribution >= 0.6 is 22.9 Å². The zero-order valence-corrected chi connectivity index (χ0v) is 18.6. The van der Waals surface area contributed by atoms with Gasteiger partial charge >= 0.3 is 6.03 Å². The number of rotatable bonds is 4. The molecule has 2 saturated carbocycles. The van der Waals surface area contributed by atoms with Gasteiger partial charge in [-0.05, 0) is 67.9 Å². The summed E-state index contributed by atoms with van der Waals surface area (Å²) in [6, 6.07) is 10.9. The lowest BCUT2D eigenvalue weighted by molar-refractivity contribution is 0.102. The Morgan fingerprint density at radius 1 is 1.13 bits per heavy atom. The molecule has 1 aromatic heterocycles. The molecule has 2 aliphatic carbocycles. The van der Waals surface area contributed by atoms with Gasteiger partial charge in [-0.25, -0.2) is 9.78 Å². The summed E-state index contributed by atoms with van der Waals surface area (Å²) in [4.78, 5) is 29.7. The number of halogens is 1. The highest BCUT2D eigenvalue weighted by atomic mass is 35.5. The topological polar surface area (TPSA) is 83.1 Å². The lowest BCUT2D eigenvalue weighted by atomic mass is 9.95. The number of nitrogens with zero attached hydrogens (tertiary/aromatic N) is 1. The third kappa shape index (κ3) is 4.12. The van der Waals surface area contributed by atoms with E-state index in [9.17, 15) is 9.59 Å². The van der Waals surface area contributed by atoms with Crippen molar-refractivity contribution in [2.75, 3.05) is 10.6 Å². The minimum absolute atomic E-state index is 0.205. The molecule has 2 unspecified atom stereocenters. The predicted molar refractivity (Wildman–Crippen MR) is 125 cm³/mol. The maximum atomic E-state index is 12.7. The zero-order chi connectivity index (χ0) is 21.5. The van der Waals surface area contributed by atoms with Gasteiger partial charge in [0.25, 0.3) is 5.91 Å². The lowest BCUT2D eigenvalue weighted by Gasteiger charge is -2.22. The third-order valence-corrected chi connectivity index (χ3v) is 7.63. The molecule has 2 aliphatic rings. The molecule has 3 amide bonds. The Bertz CT molecular complexity index is 1160. The fraction of sp³-hybridized carbons (Fsp3) is 0.348. The maximum Gasteiger partial charge on any atom is 0.321 e. The molecule has 0 radical (unpaired) electrons. The number of amides is 3. The van der Waals surface area contributed by atoms with Crippen LogP contribution in [0.25, 0.3) is 10.2 Å². The molecule has 3 N–H and O–H groups in total. The summed E-state index contributed by atoms with van der Waals surface area (Å²) in [6.45, 7) is 1.90. The van der Waals surface area contributed by atoms with Crippen LogP contribution in [0.15, 0.2) is 36.4 Å². The Morgan fingerprint density at radius 3 is 2.74 bits per heavy atom. The monoisotopic (exact) mass is 454 g/mol. The SMILES string of the molecule is Cc1cccc(Cl)c1NC(=O)c1ccc2nc(NC(=O)NC3CC4CC[C@@H]3C4)sc2c1. The first-order valence-corrected chi connectivity index (χ1v) is 11.7. The standard InChI is InChI=1S/C23H23ClN4O2S/c1-12-3-2-4-16(24)20(12)27-21(29)15-7-8-17-19(11-15)31-23(26-17)28-22(30)25-18-10-13-5-6-14(18)9-13/h2-4,7-8,11,13-14,18H,5-6,9-10H2,1H3,(H,27,29)(H2,25,26,28,30)/t13?,14-,18?/m1/s1. The van der Waals surface area contributed by atoms with Gasteiger partial charge in [0.1, 0.15) is 0 Å². The predicted octanol–water partition coefficient (Wildman–Crippen LogP) is 5.82. The highest BCUT2D eigenvalue weighted by molar-refractivity contribution is 7.22. The van der Waals surface area contributed by atoms with Crippen LogP contribution in [0, 0.1) is 18.8 Å². The number of carbonyl (C=O) groups excluding carboxylic acids is 2. The van der Waals surface area contributed by atoms with Gasteiger partial charge in [-0.15, -0.1) is 0 Å². The molecule has 0 aliphatic heterocycles. The van der Waals surface area contributed by atoms with Crippen molar-refractivity contribution in [1.82, 2.24) is 10.3 Å². The molecule has 160 valence electrons. The van der Waals surface area contributed by atoms with Gasteiger partial charge in [0.15, 0.2) is 5.13 Å². The molecular formula is C23H23ClN4O2S. The van der Waals surface area contributed by atoms with Crippen molar-refractivity contribution in [1.29, 1.82) is 0 Å². The van der Waals surface area contributed by atoms with Crippen LogP contribution in [0.5, 0.6) is 0 Å². The number of fused-ring (bicyclic) bond motifs is 3. The van der Waals surface area contributed by atoms with Gasteiger partial charge in [0.2, 0.25) is 0 Å². The smallest absolute Gasteiger partial charge is 0.321 e. The molecule has 0 saturated heterocycles. The average molecular weight is 455 g/mol. The van der Waals surface area contributed by atoms with Crippen molar-refractivity contribution < 1.29 is 9.59 Å². The average Bonchev–Trinajstić information content (AvgIpc) is 3.45. The number of urea groups is 1. The number of hydrogen-bond acceptors (Lipinski definition) is 4. The molecule has 8 heteroatoms. The van der Waals surface area contributed by atoms with E-state index in [2.05, 4.69) is 20.9 Å². The first-order chi connectivity index (χ1) is 15.0. The van der Waals surface area contributed by atoms with Crippen molar-refractivity contribution >= 4 is 55.9 Å². The number of aromatic nitrogens is 1. The van der Waals surface area contributed by atoms with E-state index in [1.165, 1.54) is 30.6 Å². The summed E-state index contributed by atoms with van der Waals surface area (Å²) in [5, 5.41) is 9.88. The largest absolute Gasteiger partial charge is 0.335 e. The summed E-state index contributed by atoms with van der Waals surface area (Å²) in [7, 11) is 0. The molecule has 5 rings (SSSR count). The molecule has 31 heavy (non-hydrogen) atoms. The molecule has 6 nitrogen and oxygen atoms in total. The van der Waals surface area contributed by atoms with Crippen molar-refractivity contribution in [3.63, 3.8) is 0 Å². The zero-order valence-electron chi connectivity index (χ0n) is 17.1. The van der Waals surface area contributed by atoms with Crippen LogP contribution in [0.1, 0.15) is 41.6 Å². The third-order valence-electron chi connectivity index (χ3n) is 6.39. The summed E-state index contributed by atoms with van der Waals surface area (Å²) < 4.78 is 0.832. The van der Waals surface area contributed by atoms with Crippen LogP contribution in [-0.4, -0.2) is 23.0 Å². The molecular weight excluding hydrogens is 432 g/mol. The summed E-state index contributed by atoms with van der Waals surface area (Å²) in [6.07, 6.45) is 4.84. The Kier molecular flexibility index (Phi) is 5.32. The van der Waals surface area contributed by atoms with Crippen molar-refractivity contribution in [2.45, 2.75) is 38.6 Å². The fourth-order valence-corrected chi connectivity index (χ4v) is 5.99. The fourth-order valence-electron chi connectivity index (χ4n) is 4.82. The van der Waals surface area contributed by atoms with Crippen LogP contribution in [-0.2, 0) is 0 Å². The molecule has 2 aromatic carbocycles. The minimum Gasteiger partial charge on any atom is -0.335 e. The summed E-state index contributed by atoms with van der Waals surface area (Å²) >= 11 is 7.57. The van der Waals surface area contributed by atoms with E-state index in [1.807, 2.05) is 19.1 Å². The van der Waals surface area contributed by atoms with Crippen LogP contribution in [0.2, 0.25) is 5.02 Å². The lowest BCUT2D eigenvalue weighted by Crippen LogP contribution is -2.40. The second kappa shape index (κ2) is 8.13. The van der Waals surface area contributed by atoms with Gasteiger partial charge in [0.05, 0.1) is 20.9 Å². The van der Waals surface area contributed by atoms with Gasteiger partial charge in [0, 0.05) is 11.6 Å². The molecule has 2 fully saturated rings. The van der Waals surface area contributed by atoms with Gasteiger partial charge in [-0.3, -0.25) is 10.1 Å². The highest BCUT2D eigenvalue weighted by Gasteiger charge is 2.40. The van der Waals surface area contributed by atoms with E-state index in [0.29, 0.717) is 27.3 Å². The van der Waals surface area contributed by atoms with Crippen molar-refractivity contribution in [3.8, 4) is 0 Å². The van der Waals surface area contributed by atoms with E-state index >= 15 is 0 Å². The molecule has 0 spiro atoms. The van der Waals surface area contributed by atoms with Gasteiger partial charge < -0.3 is 10.6 Å². The number of carbonyl (C=O) groups is 2. The summed E-state index contributed by atoms with van der Waals surface area (Å²) in [5.41, 5.74) is 2.75. The Labute approximate surface area is 189 Å². The van der Waals surface area contributed by atoms with E-state index in [1.54, 1.807) is 24.3 Å². The van der Waals surface area contributed by atoms with E-state index in [-0.39, 0.29) is 18.0 Å². The maximum absolute atomic E-state index is 12.7. The highest BCUT2D eigenvalue weighted by Crippen LogP contribution is 2.44. The molecule has 3 atom stereocenters. The summed E-state index contributed by atoms with van der Waals surface area (Å²) in [5.74, 6) is 1.15. The van der Waals surface area contributed by atoms with E-state index in [0.717, 1.165) is 28.1 Å². The van der Waals surface area contributed by atoms with Crippen molar-refractivity contribution in [3.05, 3.63) is 52.5 Å². The number of hydrogen-bond donors (Lipinski definition) is 3. The second-order valence-electron chi connectivity index (χ2n) is 8.47. The van der Waals surface area contributed by atoms with Gasteiger partial charge in [-0.2, -0.15) is 0 Å². The number of aryl methyl sites for hydroxylation is 1. The normalized spacial score (nSPS) is 21.9. The molecule has 1 heterocycles. The second-order valence-corrected chi connectivity index (χ2v) is 9.91. The number of anilines is 2. The molecule has 3 aromatic rings. The number of nitrogens with one attached hydrogen (secondary N) is 3. The molecule has 2 bridgehead atoms. The van der Waals surface area contributed by atoms with E-state index < -0.39 is 0 Å². The van der Waals surface area contributed by atoms with Crippen LogP contribution in [0.3, 0.4) is 0 Å². The Hall–Kier alpha value is -2.64. The quantitative estimate of drug-likeness (QED) is 0.464. The van der Waals surface area contributed by atoms with E-state index in [4.69, 9.17) is 11.6 Å². The number of benzene rings is 2. The van der Waals surface area contributed by atoms with Crippen LogP contribution < -0.4 is 16.0 Å². The van der Waals surface area contributed by atoms with Crippen molar-refractivity contribution in [2.24, 2.45) is 11.8 Å². The Morgan fingerprint density at radius 2 is 2.00 bits per heavy atom.